The Hall–Kier alpha value is -2.33. The number of benzene rings is 2. The largest absolute Gasteiger partial charge is 0.463 e. The highest BCUT2D eigenvalue weighted by Crippen LogP contribution is 2.38. The van der Waals surface area contributed by atoms with Gasteiger partial charge >= 0.3 is 5.63 Å². The average molecular weight is 383 g/mol. The van der Waals surface area contributed by atoms with Crippen LogP contribution in [0.25, 0.3) is 33.1 Å². The Morgan fingerprint density at radius 3 is 2.38 bits per heavy atom. The number of fused-ring (bicyclic) bond motifs is 3. The van der Waals surface area contributed by atoms with Crippen molar-refractivity contribution in [3.8, 4) is 11.1 Å². The van der Waals surface area contributed by atoms with Crippen LogP contribution in [0.1, 0.15) is 16.7 Å². The summed E-state index contributed by atoms with van der Waals surface area (Å²) < 4.78 is 12.4. The first-order valence-electron chi connectivity index (χ1n) is 7.68. The van der Waals surface area contributed by atoms with Crippen molar-refractivity contribution in [2.24, 2.45) is 0 Å². The summed E-state index contributed by atoms with van der Waals surface area (Å²) >= 11 is 3.46. The van der Waals surface area contributed by atoms with Gasteiger partial charge in [0.25, 0.3) is 0 Å². The maximum absolute atomic E-state index is 12.0. The first kappa shape index (κ1) is 15.2. The van der Waals surface area contributed by atoms with Crippen molar-refractivity contribution in [2.45, 2.75) is 20.8 Å². The molecule has 4 aromatic rings. The third kappa shape index (κ3) is 2.13. The van der Waals surface area contributed by atoms with Crippen molar-refractivity contribution in [3.05, 3.63) is 68.2 Å². The lowest BCUT2D eigenvalue weighted by atomic mass is 9.97. The fourth-order valence-electron chi connectivity index (χ4n) is 3.18. The molecular formula is C20H15BrO3. The highest BCUT2D eigenvalue weighted by Gasteiger charge is 2.18. The maximum atomic E-state index is 12.0. The van der Waals surface area contributed by atoms with Crippen LogP contribution in [0.2, 0.25) is 0 Å². The molecule has 0 bridgehead atoms. The molecule has 0 unspecified atom stereocenters. The average Bonchev–Trinajstić information content (AvgIpc) is 2.99. The van der Waals surface area contributed by atoms with Gasteiger partial charge in [0.2, 0.25) is 0 Å². The Kier molecular flexibility index (Phi) is 3.39. The second-order valence-electron chi connectivity index (χ2n) is 6.07. The molecular weight excluding hydrogens is 368 g/mol. The van der Waals surface area contributed by atoms with E-state index < -0.39 is 0 Å². The van der Waals surface area contributed by atoms with Crippen LogP contribution in [-0.2, 0) is 0 Å². The number of aryl methyl sites for hydroxylation is 2. The van der Waals surface area contributed by atoms with Crippen molar-refractivity contribution < 1.29 is 8.83 Å². The van der Waals surface area contributed by atoms with Crippen LogP contribution < -0.4 is 5.63 Å². The minimum absolute atomic E-state index is 0.293. The summed E-state index contributed by atoms with van der Waals surface area (Å²) in [5.41, 5.74) is 5.73. The molecule has 2 heterocycles. The third-order valence-electron chi connectivity index (χ3n) is 4.61. The van der Waals surface area contributed by atoms with Gasteiger partial charge in [0.1, 0.15) is 11.2 Å². The van der Waals surface area contributed by atoms with E-state index in [1.165, 1.54) is 0 Å². The van der Waals surface area contributed by atoms with Crippen LogP contribution in [0.3, 0.4) is 0 Å². The molecule has 2 aromatic carbocycles. The van der Waals surface area contributed by atoms with Crippen molar-refractivity contribution >= 4 is 37.9 Å². The summed E-state index contributed by atoms with van der Waals surface area (Å²) in [6.07, 6.45) is 1.78. The van der Waals surface area contributed by atoms with Gasteiger partial charge in [-0.15, -0.1) is 0 Å². The molecule has 0 aliphatic heterocycles. The molecule has 4 heteroatoms. The van der Waals surface area contributed by atoms with Gasteiger partial charge in [0, 0.05) is 21.0 Å². The summed E-state index contributed by atoms with van der Waals surface area (Å²) in [6.45, 7) is 5.73. The van der Waals surface area contributed by atoms with Gasteiger partial charge in [0.05, 0.1) is 11.6 Å². The molecule has 0 N–H and O–H groups in total. The van der Waals surface area contributed by atoms with E-state index in [2.05, 4.69) is 28.1 Å². The zero-order valence-electron chi connectivity index (χ0n) is 13.6. The molecule has 0 atom stereocenters. The smallest absolute Gasteiger partial charge is 0.339 e. The molecule has 0 spiro atoms. The molecule has 24 heavy (non-hydrogen) atoms. The van der Waals surface area contributed by atoms with E-state index in [0.717, 1.165) is 43.1 Å². The first-order chi connectivity index (χ1) is 11.5. The molecule has 4 rings (SSSR count). The summed E-state index contributed by atoms with van der Waals surface area (Å²) in [7, 11) is 0. The lowest BCUT2D eigenvalue weighted by Gasteiger charge is -2.07. The van der Waals surface area contributed by atoms with Crippen LogP contribution in [0.15, 0.2) is 54.7 Å². The summed E-state index contributed by atoms with van der Waals surface area (Å²) in [6, 6.07) is 10.1. The van der Waals surface area contributed by atoms with Gasteiger partial charge in [-0.25, -0.2) is 4.79 Å². The summed E-state index contributed by atoms with van der Waals surface area (Å²) in [5, 5.41) is 1.93. The minimum Gasteiger partial charge on any atom is -0.463 e. The molecule has 0 fully saturated rings. The van der Waals surface area contributed by atoms with Gasteiger partial charge in [-0.2, -0.15) is 0 Å². The number of hydrogen-bond donors (Lipinski definition) is 0. The highest BCUT2D eigenvalue weighted by molar-refractivity contribution is 9.10. The van der Waals surface area contributed by atoms with Gasteiger partial charge in [-0.05, 0) is 55.7 Å². The van der Waals surface area contributed by atoms with E-state index in [1.807, 2.05) is 32.0 Å². The fourth-order valence-corrected chi connectivity index (χ4v) is 3.45. The molecule has 120 valence electrons. The van der Waals surface area contributed by atoms with Gasteiger partial charge < -0.3 is 8.83 Å². The van der Waals surface area contributed by atoms with E-state index in [0.29, 0.717) is 11.1 Å². The van der Waals surface area contributed by atoms with Gasteiger partial charge in [-0.1, -0.05) is 28.1 Å². The molecule has 0 aliphatic carbocycles. The van der Waals surface area contributed by atoms with E-state index in [1.54, 1.807) is 13.2 Å². The van der Waals surface area contributed by atoms with E-state index in [4.69, 9.17) is 8.83 Å². The monoisotopic (exact) mass is 382 g/mol. The van der Waals surface area contributed by atoms with Crippen molar-refractivity contribution in [3.63, 3.8) is 0 Å². The SMILES string of the molecule is Cc1c(C)c2c(cc(C)c3c(-c4ccc(Br)cc4)coc32)oc1=O. The van der Waals surface area contributed by atoms with Crippen LogP contribution in [-0.4, -0.2) is 0 Å². The molecule has 2 aromatic heterocycles. The standard InChI is InChI=1S/C20H15BrO3/c1-10-8-16-18(11(2)12(3)20(22)24-16)19-17(10)15(9-23-19)13-4-6-14(21)7-5-13/h4-9H,1-3H3. The minimum atomic E-state index is -0.293. The Balaban J connectivity index is 2.14. The predicted molar refractivity (Wildman–Crippen MR) is 99.6 cm³/mol. The van der Waals surface area contributed by atoms with Crippen molar-refractivity contribution in [1.29, 1.82) is 0 Å². The Morgan fingerprint density at radius 2 is 1.67 bits per heavy atom. The number of halogens is 1. The van der Waals surface area contributed by atoms with Crippen molar-refractivity contribution in [1.82, 2.24) is 0 Å². The number of furan rings is 1. The number of hydrogen-bond acceptors (Lipinski definition) is 3. The quantitative estimate of drug-likeness (QED) is 0.385. The van der Waals surface area contributed by atoms with E-state index in [-0.39, 0.29) is 5.63 Å². The molecule has 0 radical (unpaired) electrons. The second-order valence-corrected chi connectivity index (χ2v) is 6.98. The molecule has 0 saturated heterocycles. The van der Waals surface area contributed by atoms with E-state index in [9.17, 15) is 4.79 Å². The highest BCUT2D eigenvalue weighted by atomic mass is 79.9. The van der Waals surface area contributed by atoms with Crippen molar-refractivity contribution in [2.75, 3.05) is 0 Å². The van der Waals surface area contributed by atoms with E-state index >= 15 is 0 Å². The Bertz CT molecular complexity index is 1150. The van der Waals surface area contributed by atoms with Gasteiger partial charge in [0.15, 0.2) is 0 Å². The zero-order valence-corrected chi connectivity index (χ0v) is 15.2. The molecule has 0 saturated carbocycles. The zero-order chi connectivity index (χ0) is 17.0. The third-order valence-corrected chi connectivity index (χ3v) is 5.14. The van der Waals surface area contributed by atoms with Crippen LogP contribution in [0, 0.1) is 20.8 Å². The Morgan fingerprint density at radius 1 is 0.958 bits per heavy atom. The normalized spacial score (nSPS) is 11.5. The lowest BCUT2D eigenvalue weighted by molar-refractivity contribution is 0.552. The first-order valence-corrected chi connectivity index (χ1v) is 8.47. The predicted octanol–water partition coefficient (Wildman–Crippen LogP) is 5.89. The summed E-state index contributed by atoms with van der Waals surface area (Å²) in [5.74, 6) is 0. The second kappa shape index (κ2) is 5.35. The topological polar surface area (TPSA) is 43.4 Å². The van der Waals surface area contributed by atoms with Crippen LogP contribution >= 0.6 is 15.9 Å². The molecule has 0 amide bonds. The molecule has 3 nitrogen and oxygen atoms in total. The van der Waals surface area contributed by atoms with Crippen LogP contribution in [0.4, 0.5) is 0 Å². The van der Waals surface area contributed by atoms with Crippen LogP contribution in [0.5, 0.6) is 0 Å². The Labute approximate surface area is 147 Å². The fraction of sp³-hybridized carbons (Fsp3) is 0.150. The van der Waals surface area contributed by atoms with Gasteiger partial charge in [-0.3, -0.25) is 0 Å². The summed E-state index contributed by atoms with van der Waals surface area (Å²) in [4.78, 5) is 12.0. The lowest BCUT2D eigenvalue weighted by Crippen LogP contribution is -2.05. The molecule has 0 aliphatic rings. The maximum Gasteiger partial charge on any atom is 0.339 e. The number of rotatable bonds is 1.